The van der Waals surface area contributed by atoms with Crippen LogP contribution in [-0.4, -0.2) is 46.2 Å². The van der Waals surface area contributed by atoms with Gasteiger partial charge in [-0.25, -0.2) is 9.37 Å². The van der Waals surface area contributed by atoms with Gasteiger partial charge in [0.05, 0.1) is 11.4 Å². The molecule has 162 valence electrons. The van der Waals surface area contributed by atoms with Crippen LogP contribution in [0.3, 0.4) is 0 Å². The second kappa shape index (κ2) is 9.18. The summed E-state index contributed by atoms with van der Waals surface area (Å²) in [5.41, 5.74) is 8.71. The number of phenolic OH excluding ortho intramolecular Hbond substituents is 1. The molecule has 2 heterocycles. The summed E-state index contributed by atoms with van der Waals surface area (Å²) >= 11 is 0. The summed E-state index contributed by atoms with van der Waals surface area (Å²) in [6.45, 7) is 5.78. The number of aryl methyl sites for hydroxylation is 1. The van der Waals surface area contributed by atoms with Gasteiger partial charge in [-0.3, -0.25) is 0 Å². The maximum Gasteiger partial charge on any atom is 0.222 e. The van der Waals surface area contributed by atoms with Crippen molar-refractivity contribution < 1.29 is 9.50 Å². The maximum atomic E-state index is 14.2. The Balaban J connectivity index is 1.53. The number of aromatic nitrogens is 2. The minimum Gasteiger partial charge on any atom is -0.507 e. The van der Waals surface area contributed by atoms with E-state index in [0.717, 1.165) is 31.7 Å². The molecular formula is C23H27FN6O. The first-order chi connectivity index (χ1) is 15.0. The number of hydrogen-bond donors (Lipinski definition) is 4. The number of anilines is 4. The number of halogens is 1. The third-order valence-corrected chi connectivity index (χ3v) is 5.35. The number of nitrogens with one attached hydrogen (secondary N) is 2. The van der Waals surface area contributed by atoms with E-state index in [1.54, 1.807) is 30.3 Å². The SMILES string of the molecule is Cc1ccc(Nc2ccc(O)c(-c3cc(NCCN4CCCC4)nc(N)n3)c2)c(F)c1. The van der Waals surface area contributed by atoms with Crippen LogP contribution in [0.5, 0.6) is 5.75 Å². The molecule has 1 aliphatic rings. The van der Waals surface area contributed by atoms with Crippen LogP contribution in [0.4, 0.5) is 27.5 Å². The van der Waals surface area contributed by atoms with Crippen LogP contribution in [0, 0.1) is 12.7 Å². The molecule has 0 bridgehead atoms. The van der Waals surface area contributed by atoms with Gasteiger partial charge in [0, 0.05) is 30.4 Å². The first-order valence-corrected chi connectivity index (χ1v) is 10.5. The monoisotopic (exact) mass is 422 g/mol. The standard InChI is InChI=1S/C23H27FN6O/c1-15-4-6-19(18(24)12-15)27-16-5-7-21(31)17(13-16)20-14-22(29-23(25)28-20)26-8-11-30-9-2-3-10-30/h4-7,12-14,27,31H,2-3,8-11H2,1H3,(H3,25,26,28,29). The molecule has 4 rings (SSSR count). The van der Waals surface area contributed by atoms with Crippen LogP contribution in [0.2, 0.25) is 0 Å². The molecule has 1 aromatic heterocycles. The zero-order chi connectivity index (χ0) is 21.8. The van der Waals surface area contributed by atoms with Crippen LogP contribution < -0.4 is 16.4 Å². The summed E-state index contributed by atoms with van der Waals surface area (Å²) in [4.78, 5) is 10.9. The molecule has 2 aromatic carbocycles. The highest BCUT2D eigenvalue weighted by Gasteiger charge is 2.13. The first kappa shape index (κ1) is 20.9. The Bertz CT molecular complexity index is 1070. The van der Waals surface area contributed by atoms with E-state index in [1.807, 2.05) is 13.0 Å². The molecule has 31 heavy (non-hydrogen) atoms. The summed E-state index contributed by atoms with van der Waals surface area (Å²) in [6, 6.07) is 11.7. The number of nitrogens with two attached hydrogens (primary N) is 1. The number of phenols is 1. The number of hydrogen-bond acceptors (Lipinski definition) is 7. The molecule has 0 atom stereocenters. The number of nitrogen functional groups attached to an aromatic ring is 1. The second-order valence-electron chi connectivity index (χ2n) is 7.81. The molecule has 1 saturated heterocycles. The average Bonchev–Trinajstić information content (AvgIpc) is 3.24. The fourth-order valence-electron chi connectivity index (χ4n) is 3.74. The fraction of sp³-hybridized carbons (Fsp3) is 0.304. The average molecular weight is 423 g/mol. The maximum absolute atomic E-state index is 14.2. The summed E-state index contributed by atoms with van der Waals surface area (Å²) in [5, 5.41) is 16.8. The van der Waals surface area contributed by atoms with Gasteiger partial charge >= 0.3 is 0 Å². The highest BCUT2D eigenvalue weighted by molar-refractivity contribution is 5.75. The van der Waals surface area contributed by atoms with E-state index in [4.69, 9.17) is 5.73 Å². The van der Waals surface area contributed by atoms with E-state index >= 15 is 0 Å². The predicted octanol–water partition coefficient (Wildman–Crippen LogP) is 4.13. The van der Waals surface area contributed by atoms with Gasteiger partial charge in [0.25, 0.3) is 0 Å². The van der Waals surface area contributed by atoms with Crippen molar-refractivity contribution in [2.24, 2.45) is 0 Å². The zero-order valence-corrected chi connectivity index (χ0v) is 17.5. The number of aromatic hydroxyl groups is 1. The van der Waals surface area contributed by atoms with Gasteiger partial charge in [-0.1, -0.05) is 6.07 Å². The van der Waals surface area contributed by atoms with Crippen molar-refractivity contribution in [3.05, 3.63) is 53.8 Å². The Morgan fingerprint density at radius 3 is 2.68 bits per heavy atom. The van der Waals surface area contributed by atoms with Crippen LogP contribution in [0.15, 0.2) is 42.5 Å². The van der Waals surface area contributed by atoms with Gasteiger partial charge < -0.3 is 26.4 Å². The van der Waals surface area contributed by atoms with Crippen molar-refractivity contribution in [3.8, 4) is 17.0 Å². The number of benzene rings is 2. The lowest BCUT2D eigenvalue weighted by Crippen LogP contribution is -2.26. The van der Waals surface area contributed by atoms with Crippen molar-refractivity contribution in [3.63, 3.8) is 0 Å². The molecule has 0 radical (unpaired) electrons. The Morgan fingerprint density at radius 2 is 1.90 bits per heavy atom. The molecule has 8 heteroatoms. The molecule has 1 aliphatic heterocycles. The molecular weight excluding hydrogens is 395 g/mol. The smallest absolute Gasteiger partial charge is 0.222 e. The summed E-state index contributed by atoms with van der Waals surface area (Å²) in [7, 11) is 0. The Hall–Kier alpha value is -3.39. The largest absolute Gasteiger partial charge is 0.507 e. The zero-order valence-electron chi connectivity index (χ0n) is 17.5. The molecule has 0 spiro atoms. The second-order valence-corrected chi connectivity index (χ2v) is 7.81. The van der Waals surface area contributed by atoms with Crippen molar-refractivity contribution >= 4 is 23.1 Å². The molecule has 0 saturated carbocycles. The van der Waals surface area contributed by atoms with Crippen LogP contribution in [-0.2, 0) is 0 Å². The van der Waals surface area contributed by atoms with Gasteiger partial charge in [0.15, 0.2) is 0 Å². The topological polar surface area (TPSA) is 99.3 Å². The number of likely N-dealkylation sites (tertiary alicyclic amines) is 1. The van der Waals surface area contributed by atoms with Crippen LogP contribution in [0.1, 0.15) is 18.4 Å². The minimum atomic E-state index is -0.342. The molecule has 1 fully saturated rings. The van der Waals surface area contributed by atoms with E-state index in [2.05, 4.69) is 25.5 Å². The Kier molecular flexibility index (Phi) is 6.18. The summed E-state index contributed by atoms with van der Waals surface area (Å²) < 4.78 is 14.2. The normalized spacial score (nSPS) is 14.0. The van der Waals surface area contributed by atoms with E-state index in [-0.39, 0.29) is 17.5 Å². The molecule has 3 aromatic rings. The van der Waals surface area contributed by atoms with Gasteiger partial charge in [-0.15, -0.1) is 0 Å². The van der Waals surface area contributed by atoms with Gasteiger partial charge in [-0.05, 0) is 68.8 Å². The number of rotatable bonds is 7. The molecule has 0 aliphatic carbocycles. The van der Waals surface area contributed by atoms with Crippen molar-refractivity contribution in [1.29, 1.82) is 0 Å². The van der Waals surface area contributed by atoms with Crippen LogP contribution >= 0.6 is 0 Å². The van der Waals surface area contributed by atoms with E-state index < -0.39 is 0 Å². The molecule has 0 unspecified atom stereocenters. The third-order valence-electron chi connectivity index (χ3n) is 5.35. The van der Waals surface area contributed by atoms with Crippen LogP contribution in [0.25, 0.3) is 11.3 Å². The third kappa shape index (κ3) is 5.21. The minimum absolute atomic E-state index is 0.0519. The lowest BCUT2D eigenvalue weighted by atomic mass is 10.1. The van der Waals surface area contributed by atoms with Gasteiger partial charge in [-0.2, -0.15) is 4.98 Å². The quantitative estimate of drug-likeness (QED) is 0.425. The van der Waals surface area contributed by atoms with E-state index in [1.165, 1.54) is 18.9 Å². The van der Waals surface area contributed by atoms with Crippen molar-refractivity contribution in [2.75, 3.05) is 42.5 Å². The summed E-state index contributed by atoms with van der Waals surface area (Å²) in [5.74, 6) is 0.425. The predicted molar refractivity (Wildman–Crippen MR) is 122 cm³/mol. The molecule has 7 nitrogen and oxygen atoms in total. The fourth-order valence-corrected chi connectivity index (χ4v) is 3.74. The molecule has 0 amide bonds. The highest BCUT2D eigenvalue weighted by atomic mass is 19.1. The Morgan fingerprint density at radius 1 is 1.10 bits per heavy atom. The van der Waals surface area contributed by atoms with E-state index in [9.17, 15) is 9.50 Å². The lowest BCUT2D eigenvalue weighted by Gasteiger charge is -2.15. The lowest BCUT2D eigenvalue weighted by molar-refractivity contribution is 0.352. The van der Waals surface area contributed by atoms with E-state index in [0.29, 0.717) is 28.5 Å². The summed E-state index contributed by atoms with van der Waals surface area (Å²) in [6.07, 6.45) is 2.50. The Labute approximate surface area is 181 Å². The van der Waals surface area contributed by atoms with Crippen molar-refractivity contribution in [2.45, 2.75) is 19.8 Å². The van der Waals surface area contributed by atoms with Gasteiger partial charge in [0.2, 0.25) is 5.95 Å². The number of nitrogens with zero attached hydrogens (tertiary/aromatic N) is 3. The van der Waals surface area contributed by atoms with Crippen molar-refractivity contribution in [1.82, 2.24) is 14.9 Å². The molecule has 5 N–H and O–H groups in total. The highest BCUT2D eigenvalue weighted by Crippen LogP contribution is 2.33. The first-order valence-electron chi connectivity index (χ1n) is 10.5. The van der Waals surface area contributed by atoms with Gasteiger partial charge in [0.1, 0.15) is 17.4 Å².